The molecule has 0 amide bonds. The second-order valence-corrected chi connectivity index (χ2v) is 5.32. The molecule has 1 heterocycles. The van der Waals surface area contributed by atoms with Crippen molar-refractivity contribution in [2.75, 3.05) is 13.2 Å². The highest BCUT2D eigenvalue weighted by molar-refractivity contribution is 6.61. The number of carbonyl (C=O) groups excluding carboxylic acids is 2. The zero-order valence-corrected chi connectivity index (χ0v) is 11.2. The van der Waals surface area contributed by atoms with Gasteiger partial charge in [-0.25, -0.2) is 9.59 Å². The van der Waals surface area contributed by atoms with Crippen molar-refractivity contribution in [2.45, 2.75) is 13.8 Å². The van der Waals surface area contributed by atoms with E-state index >= 15 is 0 Å². The third-order valence-electron chi connectivity index (χ3n) is 2.43. The van der Waals surface area contributed by atoms with Gasteiger partial charge in [0.1, 0.15) is 0 Å². The summed E-state index contributed by atoms with van der Waals surface area (Å²) in [5.74, 6) is -1.20. The summed E-state index contributed by atoms with van der Waals surface area (Å²) in [5, 5.41) is 0.800. The average Bonchev–Trinajstić information content (AvgIpc) is 2.64. The molecule has 0 aromatic heterocycles. The number of hydrogen-bond acceptors (Lipinski definition) is 5. The second-order valence-electron chi connectivity index (χ2n) is 3.59. The number of benzene rings is 1. The van der Waals surface area contributed by atoms with Gasteiger partial charge in [-0.05, 0) is 31.2 Å². The predicted molar refractivity (Wildman–Crippen MR) is 64.8 cm³/mol. The molecule has 2 rings (SSSR count). The van der Waals surface area contributed by atoms with Gasteiger partial charge in [-0.1, -0.05) is 6.07 Å². The molecule has 0 N–H and O–H groups in total. The highest BCUT2D eigenvalue weighted by atomic mass is 28.3. The molecule has 5 nitrogen and oxygen atoms in total. The van der Waals surface area contributed by atoms with E-state index in [-0.39, 0.29) is 0 Å². The van der Waals surface area contributed by atoms with E-state index in [0.717, 1.165) is 5.19 Å². The van der Waals surface area contributed by atoms with Crippen molar-refractivity contribution in [2.24, 2.45) is 0 Å². The fraction of sp³-hybridized carbons (Fsp3) is 0.333. The molecule has 1 aliphatic rings. The van der Waals surface area contributed by atoms with Crippen LogP contribution in [0, 0.1) is 0 Å². The first-order valence-electron chi connectivity index (χ1n) is 5.70. The third-order valence-corrected chi connectivity index (χ3v) is 4.32. The van der Waals surface area contributed by atoms with Crippen molar-refractivity contribution in [1.29, 1.82) is 0 Å². The minimum absolute atomic E-state index is 0.291. The van der Waals surface area contributed by atoms with Crippen molar-refractivity contribution in [1.82, 2.24) is 0 Å². The van der Waals surface area contributed by atoms with Crippen LogP contribution in [0.15, 0.2) is 18.2 Å². The number of ether oxygens (including phenoxy) is 1. The largest absolute Gasteiger partial charge is 0.423 e. The quantitative estimate of drug-likeness (QED) is 0.447. The molecule has 0 saturated carbocycles. The van der Waals surface area contributed by atoms with Gasteiger partial charge in [-0.3, -0.25) is 0 Å². The normalized spacial score (nSPS) is 13.9. The zero-order valence-electron chi connectivity index (χ0n) is 10.2. The molecule has 95 valence electrons. The lowest BCUT2D eigenvalue weighted by Gasteiger charge is -2.13. The Morgan fingerprint density at radius 1 is 1.06 bits per heavy atom. The minimum atomic E-state index is -1.60. The highest BCUT2D eigenvalue weighted by Gasteiger charge is 2.31. The molecular formula is C12H13O5Si. The van der Waals surface area contributed by atoms with Crippen molar-refractivity contribution < 1.29 is 23.2 Å². The topological polar surface area (TPSA) is 61.8 Å². The molecule has 1 radical (unpaired) electrons. The molecule has 0 unspecified atom stereocenters. The van der Waals surface area contributed by atoms with Crippen LogP contribution in [0.5, 0.6) is 0 Å². The van der Waals surface area contributed by atoms with E-state index in [2.05, 4.69) is 4.74 Å². The summed E-state index contributed by atoms with van der Waals surface area (Å²) in [6, 6.07) is 4.96. The lowest BCUT2D eigenvalue weighted by Crippen LogP contribution is -2.37. The Balaban J connectivity index is 2.32. The summed E-state index contributed by atoms with van der Waals surface area (Å²) < 4.78 is 15.6. The molecule has 0 fully saturated rings. The van der Waals surface area contributed by atoms with E-state index in [9.17, 15) is 9.59 Å². The summed E-state index contributed by atoms with van der Waals surface area (Å²) in [7, 11) is -1.60. The van der Waals surface area contributed by atoms with E-state index in [1.54, 1.807) is 18.2 Å². The van der Waals surface area contributed by atoms with Gasteiger partial charge in [0.15, 0.2) is 0 Å². The van der Waals surface area contributed by atoms with Crippen molar-refractivity contribution in [3.05, 3.63) is 29.3 Å². The van der Waals surface area contributed by atoms with Crippen molar-refractivity contribution >= 4 is 26.4 Å². The summed E-state index contributed by atoms with van der Waals surface area (Å²) >= 11 is 0. The molecule has 0 atom stereocenters. The van der Waals surface area contributed by atoms with E-state index < -0.39 is 21.2 Å². The Hall–Kier alpha value is -1.50. The molecule has 18 heavy (non-hydrogen) atoms. The lowest BCUT2D eigenvalue weighted by molar-refractivity contribution is 0.0444. The number of cyclic esters (lactones) is 2. The van der Waals surface area contributed by atoms with Gasteiger partial charge >= 0.3 is 21.2 Å². The van der Waals surface area contributed by atoms with Crippen molar-refractivity contribution in [3.63, 3.8) is 0 Å². The molecule has 6 heteroatoms. The van der Waals surface area contributed by atoms with E-state index in [0.29, 0.717) is 24.3 Å². The Morgan fingerprint density at radius 3 is 2.28 bits per heavy atom. The fourth-order valence-corrected chi connectivity index (χ4v) is 3.11. The number of rotatable bonds is 5. The standard InChI is InChI=1S/C12H13O5Si/c1-3-15-18(16-4-2)8-5-6-9-10(7-8)12(14)17-11(9)13/h5-7H,3-4H2,1-2H3. The molecule has 0 bridgehead atoms. The van der Waals surface area contributed by atoms with E-state index in [1.807, 2.05) is 13.8 Å². The zero-order chi connectivity index (χ0) is 13.1. The van der Waals surface area contributed by atoms with Crippen LogP contribution in [0.3, 0.4) is 0 Å². The van der Waals surface area contributed by atoms with E-state index in [1.165, 1.54) is 0 Å². The Bertz CT molecular complexity index is 479. The molecule has 1 aromatic carbocycles. The van der Waals surface area contributed by atoms with Crippen LogP contribution < -0.4 is 5.19 Å². The van der Waals surface area contributed by atoms with Crippen LogP contribution >= 0.6 is 0 Å². The maximum Gasteiger partial charge on any atom is 0.423 e. The van der Waals surface area contributed by atoms with Crippen LogP contribution in [-0.4, -0.2) is 34.4 Å². The van der Waals surface area contributed by atoms with E-state index in [4.69, 9.17) is 8.85 Å². The monoisotopic (exact) mass is 265 g/mol. The molecule has 0 aliphatic carbocycles. The first-order chi connectivity index (χ1) is 8.67. The SMILES string of the molecule is CCO[Si](OCC)c1ccc2c(c1)C(=O)OC2=O. The van der Waals surface area contributed by atoms with Crippen LogP contribution in [0.25, 0.3) is 0 Å². The first kappa shape index (κ1) is 12.9. The fourth-order valence-electron chi connectivity index (χ4n) is 1.68. The predicted octanol–water partition coefficient (Wildman–Crippen LogP) is 0.765. The molecule has 1 aliphatic heterocycles. The van der Waals surface area contributed by atoms with Gasteiger partial charge in [0.2, 0.25) is 0 Å². The van der Waals surface area contributed by atoms with Crippen LogP contribution in [-0.2, 0) is 13.6 Å². The van der Waals surface area contributed by atoms with Crippen LogP contribution in [0.2, 0.25) is 0 Å². The maximum atomic E-state index is 11.5. The third kappa shape index (κ3) is 2.35. The summed E-state index contributed by atoms with van der Waals surface area (Å²) in [6.07, 6.45) is 0. The Labute approximate surface area is 107 Å². The lowest BCUT2D eigenvalue weighted by atomic mass is 10.1. The van der Waals surface area contributed by atoms with Gasteiger partial charge in [-0.2, -0.15) is 0 Å². The van der Waals surface area contributed by atoms with Crippen molar-refractivity contribution in [3.8, 4) is 0 Å². The summed E-state index contributed by atoms with van der Waals surface area (Å²) in [5.41, 5.74) is 0.595. The van der Waals surface area contributed by atoms with Crippen LogP contribution in [0.1, 0.15) is 34.6 Å². The summed E-state index contributed by atoms with van der Waals surface area (Å²) in [4.78, 5) is 22.8. The smallest absolute Gasteiger partial charge is 0.390 e. The van der Waals surface area contributed by atoms with Gasteiger partial charge in [0, 0.05) is 13.2 Å². The van der Waals surface area contributed by atoms with Gasteiger partial charge in [-0.15, -0.1) is 0 Å². The second kappa shape index (κ2) is 5.43. The number of carbonyl (C=O) groups is 2. The molecule has 0 saturated heterocycles. The van der Waals surface area contributed by atoms with Crippen LogP contribution in [0.4, 0.5) is 0 Å². The molecule has 0 spiro atoms. The van der Waals surface area contributed by atoms with Gasteiger partial charge < -0.3 is 13.6 Å². The molecular weight excluding hydrogens is 252 g/mol. The highest BCUT2D eigenvalue weighted by Crippen LogP contribution is 2.18. The molecule has 1 aromatic rings. The number of esters is 2. The number of fused-ring (bicyclic) bond motifs is 1. The minimum Gasteiger partial charge on any atom is -0.390 e. The van der Waals surface area contributed by atoms with Gasteiger partial charge in [0.25, 0.3) is 0 Å². The average molecular weight is 265 g/mol. The van der Waals surface area contributed by atoms with Gasteiger partial charge in [0.05, 0.1) is 11.1 Å². The summed E-state index contributed by atoms with van der Waals surface area (Å²) in [6.45, 7) is 4.84. The Morgan fingerprint density at radius 2 is 1.67 bits per heavy atom. The Kier molecular flexibility index (Phi) is 3.90. The maximum absolute atomic E-state index is 11.5. The number of hydrogen-bond donors (Lipinski definition) is 0. The first-order valence-corrected chi connectivity index (χ1v) is 7.02.